The summed E-state index contributed by atoms with van der Waals surface area (Å²) in [5.41, 5.74) is 2.41. The van der Waals surface area contributed by atoms with Crippen molar-refractivity contribution in [3.63, 3.8) is 0 Å². The number of hydrogen-bond donors (Lipinski definition) is 2. The Morgan fingerprint density at radius 1 is 1.07 bits per heavy atom. The Bertz CT molecular complexity index is 602. The number of rotatable bonds is 12. The summed E-state index contributed by atoms with van der Waals surface area (Å²) in [5, 5.41) is 6.70. The van der Waals surface area contributed by atoms with E-state index >= 15 is 0 Å². The van der Waals surface area contributed by atoms with Crippen LogP contribution in [0.15, 0.2) is 29.3 Å². The highest BCUT2D eigenvalue weighted by Gasteiger charge is 2.20. The van der Waals surface area contributed by atoms with Crippen molar-refractivity contribution in [3.8, 4) is 0 Å². The van der Waals surface area contributed by atoms with Crippen LogP contribution >= 0.6 is 24.0 Å². The number of benzene rings is 1. The van der Waals surface area contributed by atoms with E-state index in [9.17, 15) is 0 Å². The quantitative estimate of drug-likeness (QED) is 0.186. The maximum atomic E-state index is 5.99. The van der Waals surface area contributed by atoms with Crippen molar-refractivity contribution < 1.29 is 14.2 Å². The van der Waals surface area contributed by atoms with Crippen LogP contribution in [0.3, 0.4) is 0 Å². The summed E-state index contributed by atoms with van der Waals surface area (Å²) in [6, 6.07) is 8.56. The van der Waals surface area contributed by atoms with E-state index in [0.717, 1.165) is 70.7 Å². The molecule has 1 aliphatic carbocycles. The number of guanidine groups is 1. The summed E-state index contributed by atoms with van der Waals surface area (Å²) >= 11 is 0. The zero-order chi connectivity index (χ0) is 20.2. The first-order valence-corrected chi connectivity index (χ1v) is 11.2. The van der Waals surface area contributed by atoms with E-state index in [1.807, 2.05) is 0 Å². The lowest BCUT2D eigenvalue weighted by molar-refractivity contribution is -0.0390. The van der Waals surface area contributed by atoms with Crippen LogP contribution in [0, 0.1) is 5.92 Å². The molecule has 0 unspecified atom stereocenters. The van der Waals surface area contributed by atoms with E-state index in [1.54, 1.807) is 0 Å². The first kappa shape index (κ1) is 25.4. The molecule has 170 valence electrons. The van der Waals surface area contributed by atoms with Gasteiger partial charge in [-0.25, -0.2) is 4.99 Å². The molecule has 0 radical (unpaired) electrons. The van der Waals surface area contributed by atoms with E-state index in [1.165, 1.54) is 24.0 Å². The number of nitrogens with one attached hydrogen (secondary N) is 2. The Hall–Kier alpha value is -0.900. The van der Waals surface area contributed by atoms with Crippen molar-refractivity contribution >= 4 is 29.9 Å². The van der Waals surface area contributed by atoms with Crippen LogP contribution in [-0.4, -0.2) is 51.6 Å². The van der Waals surface area contributed by atoms with Gasteiger partial charge in [-0.3, -0.25) is 0 Å². The van der Waals surface area contributed by atoms with Crippen molar-refractivity contribution in [2.24, 2.45) is 10.9 Å². The number of ether oxygens (including phenoxy) is 3. The Morgan fingerprint density at radius 2 is 1.80 bits per heavy atom. The molecular formula is C23H38IN3O3. The second kappa shape index (κ2) is 15.0. The van der Waals surface area contributed by atoms with Gasteiger partial charge in [0.15, 0.2) is 5.96 Å². The molecule has 30 heavy (non-hydrogen) atoms. The topological polar surface area (TPSA) is 64.1 Å². The van der Waals surface area contributed by atoms with Crippen LogP contribution in [0.2, 0.25) is 0 Å². The average Bonchev–Trinajstić information content (AvgIpc) is 3.59. The Morgan fingerprint density at radius 3 is 2.50 bits per heavy atom. The summed E-state index contributed by atoms with van der Waals surface area (Å²) in [4.78, 5) is 4.70. The highest BCUT2D eigenvalue weighted by molar-refractivity contribution is 14.0. The van der Waals surface area contributed by atoms with Gasteiger partial charge in [0.25, 0.3) is 0 Å². The molecule has 1 aliphatic heterocycles. The molecule has 7 heteroatoms. The summed E-state index contributed by atoms with van der Waals surface area (Å²) in [5.74, 6) is 1.70. The lowest BCUT2D eigenvalue weighted by atomic mass is 10.1. The summed E-state index contributed by atoms with van der Waals surface area (Å²) in [7, 11) is 0. The molecule has 0 aromatic heterocycles. The van der Waals surface area contributed by atoms with Crippen molar-refractivity contribution in [3.05, 3.63) is 35.4 Å². The Labute approximate surface area is 198 Å². The van der Waals surface area contributed by atoms with E-state index in [2.05, 4.69) is 41.8 Å². The summed E-state index contributed by atoms with van der Waals surface area (Å²) < 4.78 is 17.0. The summed E-state index contributed by atoms with van der Waals surface area (Å²) in [6.07, 6.45) is 6.03. The minimum atomic E-state index is 0. The zero-order valence-electron chi connectivity index (χ0n) is 18.2. The molecule has 6 nitrogen and oxygen atoms in total. The van der Waals surface area contributed by atoms with Gasteiger partial charge in [0.2, 0.25) is 0 Å². The van der Waals surface area contributed by atoms with Gasteiger partial charge in [-0.15, -0.1) is 24.0 Å². The molecule has 2 N–H and O–H groups in total. The van der Waals surface area contributed by atoms with Gasteiger partial charge in [0, 0.05) is 39.5 Å². The van der Waals surface area contributed by atoms with Crippen LogP contribution < -0.4 is 10.6 Å². The van der Waals surface area contributed by atoms with E-state index in [-0.39, 0.29) is 24.0 Å². The molecule has 1 aromatic carbocycles. The van der Waals surface area contributed by atoms with Crippen LogP contribution in [-0.2, 0) is 27.4 Å². The van der Waals surface area contributed by atoms with Crippen molar-refractivity contribution in [2.45, 2.75) is 58.3 Å². The average molecular weight is 531 g/mol. The standard InChI is InChI=1S/C23H37N3O3.HI/c1-2-24-23(25-12-3-13-28-17-20-8-9-20)26-16-19-4-6-21(7-5-19)18-29-22-10-14-27-15-11-22;/h4-7,20,22H,2-3,8-18H2,1H3,(H2,24,25,26);1H. The van der Waals surface area contributed by atoms with Crippen LogP contribution in [0.25, 0.3) is 0 Å². The zero-order valence-corrected chi connectivity index (χ0v) is 20.6. The second-order valence-corrected chi connectivity index (χ2v) is 7.93. The molecule has 0 spiro atoms. The molecule has 0 bridgehead atoms. The smallest absolute Gasteiger partial charge is 0.191 e. The monoisotopic (exact) mass is 531 g/mol. The molecular weight excluding hydrogens is 493 g/mol. The number of aliphatic imine (C=N–C) groups is 1. The molecule has 1 saturated carbocycles. The number of halogens is 1. The Kier molecular flexibility index (Phi) is 12.7. The molecule has 1 saturated heterocycles. The molecule has 2 fully saturated rings. The van der Waals surface area contributed by atoms with Gasteiger partial charge in [-0.2, -0.15) is 0 Å². The molecule has 1 heterocycles. The molecule has 0 amide bonds. The van der Waals surface area contributed by atoms with E-state index < -0.39 is 0 Å². The second-order valence-electron chi connectivity index (χ2n) is 7.93. The van der Waals surface area contributed by atoms with E-state index in [4.69, 9.17) is 19.2 Å². The predicted octanol–water partition coefficient (Wildman–Crippen LogP) is 3.87. The highest BCUT2D eigenvalue weighted by Crippen LogP contribution is 2.28. The first-order valence-electron chi connectivity index (χ1n) is 11.2. The molecule has 0 atom stereocenters. The minimum absolute atomic E-state index is 0. The third-order valence-corrected chi connectivity index (χ3v) is 5.25. The van der Waals surface area contributed by atoms with Crippen molar-refractivity contribution in [2.75, 3.05) is 39.5 Å². The minimum Gasteiger partial charge on any atom is -0.381 e. The normalized spacial score (nSPS) is 17.4. The Balaban J connectivity index is 0.00000320. The first-order chi connectivity index (χ1) is 14.3. The summed E-state index contributed by atoms with van der Waals surface area (Å²) in [6.45, 7) is 8.53. The van der Waals surface area contributed by atoms with Gasteiger partial charge in [0.05, 0.1) is 19.3 Å². The molecule has 1 aromatic rings. The van der Waals surface area contributed by atoms with Crippen molar-refractivity contribution in [1.82, 2.24) is 10.6 Å². The lowest BCUT2D eigenvalue weighted by Crippen LogP contribution is -2.38. The van der Waals surface area contributed by atoms with Crippen molar-refractivity contribution in [1.29, 1.82) is 0 Å². The predicted molar refractivity (Wildman–Crippen MR) is 131 cm³/mol. The van der Waals surface area contributed by atoms with Gasteiger partial charge < -0.3 is 24.8 Å². The number of nitrogens with zero attached hydrogens (tertiary/aromatic N) is 1. The highest BCUT2D eigenvalue weighted by atomic mass is 127. The van der Waals surface area contributed by atoms with Gasteiger partial charge in [-0.05, 0) is 56.1 Å². The van der Waals surface area contributed by atoms with Gasteiger partial charge in [-0.1, -0.05) is 24.3 Å². The van der Waals surface area contributed by atoms with Gasteiger partial charge in [0.1, 0.15) is 0 Å². The maximum absolute atomic E-state index is 5.99. The van der Waals surface area contributed by atoms with Crippen LogP contribution in [0.4, 0.5) is 0 Å². The van der Waals surface area contributed by atoms with Gasteiger partial charge >= 0.3 is 0 Å². The van der Waals surface area contributed by atoms with Crippen LogP contribution in [0.1, 0.15) is 50.2 Å². The maximum Gasteiger partial charge on any atom is 0.191 e. The fourth-order valence-electron chi connectivity index (χ4n) is 3.23. The number of hydrogen-bond acceptors (Lipinski definition) is 4. The third-order valence-electron chi connectivity index (χ3n) is 5.25. The third kappa shape index (κ3) is 10.4. The van der Waals surface area contributed by atoms with E-state index in [0.29, 0.717) is 19.3 Å². The molecule has 2 aliphatic rings. The SMILES string of the molecule is CCNC(=NCc1ccc(COC2CCOCC2)cc1)NCCCOCC1CC1.I. The fourth-order valence-corrected chi connectivity index (χ4v) is 3.23. The molecule has 3 rings (SSSR count). The largest absolute Gasteiger partial charge is 0.381 e. The van der Waals surface area contributed by atoms with Crippen LogP contribution in [0.5, 0.6) is 0 Å². The lowest BCUT2D eigenvalue weighted by Gasteiger charge is -2.22. The fraction of sp³-hybridized carbons (Fsp3) is 0.696.